The maximum absolute atomic E-state index is 5.84. The van der Waals surface area contributed by atoms with E-state index < -0.39 is 0 Å². The van der Waals surface area contributed by atoms with Crippen LogP contribution in [0.5, 0.6) is 5.75 Å². The van der Waals surface area contributed by atoms with Gasteiger partial charge in [-0.15, -0.1) is 11.6 Å². The lowest BCUT2D eigenvalue weighted by Crippen LogP contribution is -2.02. The Balaban J connectivity index is 1.90. The molecular weight excluding hydrogens is 234 g/mol. The van der Waals surface area contributed by atoms with Crippen LogP contribution in [0, 0.1) is 0 Å². The number of halogens is 1. The molecule has 0 aliphatic carbocycles. The van der Waals surface area contributed by atoms with Gasteiger partial charge in [0.25, 0.3) is 0 Å². The first-order valence-electron chi connectivity index (χ1n) is 5.55. The van der Waals surface area contributed by atoms with Gasteiger partial charge in [0.1, 0.15) is 5.75 Å². The number of rotatable bonds is 5. The van der Waals surface area contributed by atoms with E-state index in [2.05, 4.69) is 4.98 Å². The number of hydrogen-bond donors (Lipinski definition) is 0. The van der Waals surface area contributed by atoms with Crippen LogP contribution in [0.1, 0.15) is 11.1 Å². The summed E-state index contributed by atoms with van der Waals surface area (Å²) in [6.45, 7) is 0.651. The average molecular weight is 248 g/mol. The summed E-state index contributed by atoms with van der Waals surface area (Å²) in [6.07, 6.45) is 4.46. The van der Waals surface area contributed by atoms with Crippen LogP contribution >= 0.6 is 11.6 Å². The lowest BCUT2D eigenvalue weighted by Gasteiger charge is -2.09. The SMILES string of the molecule is ClCc1ccccc1OCCc1ccncc1. The minimum atomic E-state index is 0.478. The molecule has 1 aromatic heterocycles. The van der Waals surface area contributed by atoms with Crippen LogP contribution in [0.25, 0.3) is 0 Å². The van der Waals surface area contributed by atoms with Gasteiger partial charge in [0.15, 0.2) is 0 Å². The van der Waals surface area contributed by atoms with Gasteiger partial charge in [-0.3, -0.25) is 4.98 Å². The fraction of sp³-hybridized carbons (Fsp3) is 0.214. The highest BCUT2D eigenvalue weighted by Gasteiger charge is 2.01. The quantitative estimate of drug-likeness (QED) is 0.755. The van der Waals surface area contributed by atoms with Crippen LogP contribution < -0.4 is 4.74 Å². The van der Waals surface area contributed by atoms with E-state index >= 15 is 0 Å². The third-order valence-corrected chi connectivity index (χ3v) is 2.80. The van der Waals surface area contributed by atoms with Gasteiger partial charge in [-0.2, -0.15) is 0 Å². The molecule has 0 radical (unpaired) electrons. The van der Waals surface area contributed by atoms with Gasteiger partial charge in [0.05, 0.1) is 12.5 Å². The van der Waals surface area contributed by atoms with Crippen molar-refractivity contribution in [2.24, 2.45) is 0 Å². The highest BCUT2D eigenvalue weighted by Crippen LogP contribution is 2.19. The van der Waals surface area contributed by atoms with E-state index in [4.69, 9.17) is 16.3 Å². The minimum Gasteiger partial charge on any atom is -0.493 e. The van der Waals surface area contributed by atoms with E-state index in [9.17, 15) is 0 Å². The topological polar surface area (TPSA) is 22.1 Å². The van der Waals surface area contributed by atoms with E-state index in [0.29, 0.717) is 12.5 Å². The highest BCUT2D eigenvalue weighted by molar-refractivity contribution is 6.17. The predicted octanol–water partition coefficient (Wildman–Crippen LogP) is 3.44. The third-order valence-electron chi connectivity index (χ3n) is 2.51. The summed E-state index contributed by atoms with van der Waals surface area (Å²) >= 11 is 5.84. The Labute approximate surface area is 106 Å². The summed E-state index contributed by atoms with van der Waals surface area (Å²) in [4.78, 5) is 3.98. The molecule has 0 atom stereocenters. The van der Waals surface area contributed by atoms with Crippen molar-refractivity contribution in [3.63, 3.8) is 0 Å². The molecule has 0 saturated carbocycles. The molecule has 0 aliphatic rings. The van der Waals surface area contributed by atoms with Crippen molar-refractivity contribution in [3.8, 4) is 5.75 Å². The molecule has 1 heterocycles. The smallest absolute Gasteiger partial charge is 0.123 e. The molecule has 1 aromatic carbocycles. The Bertz CT molecular complexity index is 459. The number of para-hydroxylation sites is 1. The maximum Gasteiger partial charge on any atom is 0.123 e. The van der Waals surface area contributed by atoms with E-state index in [1.807, 2.05) is 36.4 Å². The molecule has 0 N–H and O–H groups in total. The Hall–Kier alpha value is -1.54. The van der Waals surface area contributed by atoms with Crippen LogP contribution in [0.3, 0.4) is 0 Å². The zero-order valence-corrected chi connectivity index (χ0v) is 10.2. The van der Waals surface area contributed by atoms with Crippen molar-refractivity contribution in [3.05, 3.63) is 59.9 Å². The van der Waals surface area contributed by atoms with Gasteiger partial charge in [-0.1, -0.05) is 18.2 Å². The first kappa shape index (κ1) is 11.9. The fourth-order valence-corrected chi connectivity index (χ4v) is 1.80. The van der Waals surface area contributed by atoms with Crippen LogP contribution in [0.4, 0.5) is 0 Å². The Morgan fingerprint density at radius 3 is 2.59 bits per heavy atom. The molecule has 0 amide bonds. The number of benzene rings is 1. The van der Waals surface area contributed by atoms with Crippen molar-refractivity contribution in [2.45, 2.75) is 12.3 Å². The van der Waals surface area contributed by atoms with Gasteiger partial charge in [-0.25, -0.2) is 0 Å². The van der Waals surface area contributed by atoms with Gasteiger partial charge in [0, 0.05) is 24.4 Å². The average Bonchev–Trinajstić information content (AvgIpc) is 2.40. The fourth-order valence-electron chi connectivity index (χ4n) is 1.58. The van der Waals surface area contributed by atoms with E-state index in [-0.39, 0.29) is 0 Å². The van der Waals surface area contributed by atoms with Crippen LogP contribution in [0.2, 0.25) is 0 Å². The summed E-state index contributed by atoms with van der Waals surface area (Å²) in [5, 5.41) is 0. The lowest BCUT2D eigenvalue weighted by molar-refractivity contribution is 0.319. The minimum absolute atomic E-state index is 0.478. The molecule has 2 nitrogen and oxygen atoms in total. The molecule has 17 heavy (non-hydrogen) atoms. The summed E-state index contributed by atoms with van der Waals surface area (Å²) in [5.41, 5.74) is 2.26. The van der Waals surface area contributed by atoms with Crippen molar-refractivity contribution < 1.29 is 4.74 Å². The second kappa shape index (κ2) is 6.26. The maximum atomic E-state index is 5.84. The molecule has 0 fully saturated rings. The number of aromatic nitrogens is 1. The summed E-state index contributed by atoms with van der Waals surface area (Å²) in [6, 6.07) is 11.8. The third kappa shape index (κ3) is 3.46. The molecule has 0 bridgehead atoms. The van der Waals surface area contributed by atoms with E-state index in [0.717, 1.165) is 17.7 Å². The first-order chi connectivity index (χ1) is 8.40. The molecule has 2 rings (SSSR count). The second-order valence-electron chi connectivity index (χ2n) is 3.70. The molecule has 2 aromatic rings. The van der Waals surface area contributed by atoms with Crippen LogP contribution in [-0.4, -0.2) is 11.6 Å². The first-order valence-corrected chi connectivity index (χ1v) is 6.09. The molecule has 3 heteroatoms. The number of alkyl halides is 1. The molecular formula is C14H14ClNO. The zero-order valence-electron chi connectivity index (χ0n) is 9.47. The summed E-state index contributed by atoms with van der Waals surface area (Å²) < 4.78 is 5.73. The Morgan fingerprint density at radius 1 is 1.06 bits per heavy atom. The van der Waals surface area contributed by atoms with Gasteiger partial charge < -0.3 is 4.74 Å². The normalized spacial score (nSPS) is 10.2. The van der Waals surface area contributed by atoms with Crippen molar-refractivity contribution in [1.29, 1.82) is 0 Å². The standard InChI is InChI=1S/C14H14ClNO/c15-11-13-3-1-2-4-14(13)17-10-7-12-5-8-16-9-6-12/h1-6,8-9H,7,10-11H2. The van der Waals surface area contributed by atoms with Crippen LogP contribution in [0.15, 0.2) is 48.8 Å². The van der Waals surface area contributed by atoms with Gasteiger partial charge in [0.2, 0.25) is 0 Å². The summed E-state index contributed by atoms with van der Waals surface area (Å²) in [7, 11) is 0. The molecule has 88 valence electrons. The van der Waals surface area contributed by atoms with Crippen molar-refractivity contribution in [2.75, 3.05) is 6.61 Å². The molecule has 0 unspecified atom stereocenters. The number of ether oxygens (including phenoxy) is 1. The van der Waals surface area contributed by atoms with E-state index in [1.54, 1.807) is 12.4 Å². The van der Waals surface area contributed by atoms with Crippen molar-refractivity contribution in [1.82, 2.24) is 4.98 Å². The molecule has 0 saturated heterocycles. The van der Waals surface area contributed by atoms with Gasteiger partial charge in [-0.05, 0) is 23.8 Å². The van der Waals surface area contributed by atoms with E-state index in [1.165, 1.54) is 5.56 Å². The van der Waals surface area contributed by atoms with Crippen LogP contribution in [-0.2, 0) is 12.3 Å². The summed E-state index contributed by atoms with van der Waals surface area (Å²) in [5.74, 6) is 1.35. The number of hydrogen-bond acceptors (Lipinski definition) is 2. The zero-order chi connectivity index (χ0) is 11.9. The van der Waals surface area contributed by atoms with Gasteiger partial charge >= 0.3 is 0 Å². The lowest BCUT2D eigenvalue weighted by atomic mass is 10.2. The monoisotopic (exact) mass is 247 g/mol. The second-order valence-corrected chi connectivity index (χ2v) is 3.96. The highest BCUT2D eigenvalue weighted by atomic mass is 35.5. The number of nitrogens with zero attached hydrogens (tertiary/aromatic N) is 1. The molecule has 0 spiro atoms. The van der Waals surface area contributed by atoms with Crippen molar-refractivity contribution >= 4 is 11.6 Å². The Morgan fingerprint density at radius 2 is 1.82 bits per heavy atom. The molecule has 0 aliphatic heterocycles. The predicted molar refractivity (Wildman–Crippen MR) is 69.4 cm³/mol. The largest absolute Gasteiger partial charge is 0.493 e. The Kier molecular flexibility index (Phi) is 4.39. The number of pyridine rings is 1.